The molecule has 0 spiro atoms. The molecular formula is C26H29ClN2O3. The number of fused-ring (bicyclic) bond motifs is 1. The summed E-state index contributed by atoms with van der Waals surface area (Å²) in [6.45, 7) is 3.28. The molecule has 2 unspecified atom stereocenters. The number of aromatic nitrogens is 1. The van der Waals surface area contributed by atoms with Crippen LogP contribution in [-0.2, 0) is 21.4 Å². The minimum absolute atomic E-state index is 0.0619. The van der Waals surface area contributed by atoms with Crippen molar-refractivity contribution >= 4 is 34.4 Å². The Morgan fingerprint density at radius 3 is 2.66 bits per heavy atom. The molecule has 6 heteroatoms. The lowest BCUT2D eigenvalue weighted by molar-refractivity contribution is -0.151. The van der Waals surface area contributed by atoms with E-state index in [0.717, 1.165) is 34.9 Å². The smallest absolute Gasteiger partial charge is 0.310 e. The topological polar surface area (TPSA) is 51.5 Å². The van der Waals surface area contributed by atoms with E-state index in [4.69, 9.17) is 16.3 Å². The van der Waals surface area contributed by atoms with Crippen LogP contribution in [-0.4, -0.2) is 41.0 Å². The number of para-hydroxylation sites is 1. The van der Waals surface area contributed by atoms with Gasteiger partial charge in [0.2, 0.25) is 5.91 Å². The molecule has 1 saturated heterocycles. The van der Waals surface area contributed by atoms with Crippen LogP contribution in [0.1, 0.15) is 43.2 Å². The Kier molecular flexibility index (Phi) is 6.85. The van der Waals surface area contributed by atoms with Crippen molar-refractivity contribution in [2.45, 2.75) is 32.1 Å². The highest BCUT2D eigenvalue weighted by Gasteiger charge is 2.31. The molecular weight excluding hydrogens is 424 g/mol. The van der Waals surface area contributed by atoms with Gasteiger partial charge in [-0.3, -0.25) is 9.59 Å². The SMILES string of the molecule is CCOC(=O)C1CCCN(C(=O)CC(c2ccc(Cl)cc2)c2cn(C)c3ccccc23)C1. The number of amides is 1. The molecule has 1 fully saturated rings. The van der Waals surface area contributed by atoms with Gasteiger partial charge < -0.3 is 14.2 Å². The van der Waals surface area contributed by atoms with Gasteiger partial charge in [0, 0.05) is 54.6 Å². The lowest BCUT2D eigenvalue weighted by Crippen LogP contribution is -2.43. The molecule has 0 aliphatic carbocycles. The number of hydrogen-bond acceptors (Lipinski definition) is 3. The van der Waals surface area contributed by atoms with Gasteiger partial charge in [-0.05, 0) is 49.1 Å². The summed E-state index contributed by atoms with van der Waals surface area (Å²) in [6.07, 6.45) is 4.04. The van der Waals surface area contributed by atoms with Gasteiger partial charge in [0.1, 0.15) is 0 Å². The van der Waals surface area contributed by atoms with E-state index in [0.29, 0.717) is 31.1 Å². The molecule has 0 saturated carbocycles. The zero-order valence-corrected chi connectivity index (χ0v) is 19.3. The molecule has 5 nitrogen and oxygen atoms in total. The van der Waals surface area contributed by atoms with Gasteiger partial charge in [-0.2, -0.15) is 0 Å². The number of hydrogen-bond donors (Lipinski definition) is 0. The van der Waals surface area contributed by atoms with Crippen LogP contribution in [0.5, 0.6) is 0 Å². The Bertz CT molecular complexity index is 1110. The highest BCUT2D eigenvalue weighted by molar-refractivity contribution is 6.30. The van der Waals surface area contributed by atoms with Crippen molar-refractivity contribution in [2.75, 3.05) is 19.7 Å². The molecule has 0 bridgehead atoms. The molecule has 1 aliphatic heterocycles. The molecule has 1 aromatic heterocycles. The van der Waals surface area contributed by atoms with Gasteiger partial charge in [-0.25, -0.2) is 0 Å². The quantitative estimate of drug-likeness (QED) is 0.485. The zero-order chi connectivity index (χ0) is 22.7. The highest BCUT2D eigenvalue weighted by Crippen LogP contribution is 2.35. The average molecular weight is 453 g/mol. The van der Waals surface area contributed by atoms with Gasteiger partial charge in [0.15, 0.2) is 0 Å². The number of ether oxygens (including phenoxy) is 1. The summed E-state index contributed by atoms with van der Waals surface area (Å²) in [7, 11) is 2.03. The van der Waals surface area contributed by atoms with Crippen molar-refractivity contribution in [3.8, 4) is 0 Å². The van der Waals surface area contributed by atoms with Crippen LogP contribution in [0, 0.1) is 5.92 Å². The second kappa shape index (κ2) is 9.78. The Morgan fingerprint density at radius 1 is 1.16 bits per heavy atom. The standard InChI is InChI=1S/C26H29ClN2O3/c1-3-32-26(31)19-7-6-14-29(16-19)25(30)15-22(18-10-12-20(27)13-11-18)23-17-28(2)24-9-5-4-8-21(23)24/h4-5,8-13,17,19,22H,3,6-7,14-16H2,1-2H3. The van der Waals surface area contributed by atoms with Gasteiger partial charge in [-0.15, -0.1) is 0 Å². The third-order valence-electron chi connectivity index (χ3n) is 6.35. The number of halogens is 1. The van der Waals surface area contributed by atoms with Crippen LogP contribution in [0.4, 0.5) is 0 Å². The van der Waals surface area contributed by atoms with Crippen molar-refractivity contribution in [1.82, 2.24) is 9.47 Å². The fraction of sp³-hybridized carbons (Fsp3) is 0.385. The summed E-state index contributed by atoms with van der Waals surface area (Å²) in [5.41, 5.74) is 3.31. The van der Waals surface area contributed by atoms with Crippen LogP contribution in [0.15, 0.2) is 54.7 Å². The summed E-state index contributed by atoms with van der Waals surface area (Å²) in [5, 5.41) is 1.82. The zero-order valence-electron chi connectivity index (χ0n) is 18.6. The molecule has 32 heavy (non-hydrogen) atoms. The number of esters is 1. The van der Waals surface area contributed by atoms with Crippen LogP contribution in [0.25, 0.3) is 10.9 Å². The number of carbonyl (C=O) groups excluding carboxylic acids is 2. The maximum absolute atomic E-state index is 13.4. The average Bonchev–Trinajstić information content (AvgIpc) is 3.15. The maximum Gasteiger partial charge on any atom is 0.310 e. The van der Waals surface area contributed by atoms with Crippen molar-refractivity contribution in [2.24, 2.45) is 13.0 Å². The van der Waals surface area contributed by atoms with E-state index in [1.165, 1.54) is 0 Å². The minimum Gasteiger partial charge on any atom is -0.466 e. The number of aryl methyl sites for hydroxylation is 1. The molecule has 2 aromatic carbocycles. The Morgan fingerprint density at radius 2 is 1.91 bits per heavy atom. The first-order chi connectivity index (χ1) is 15.5. The molecule has 0 radical (unpaired) electrons. The van der Waals surface area contributed by atoms with E-state index in [1.54, 1.807) is 0 Å². The second-order valence-electron chi connectivity index (χ2n) is 8.45. The normalized spacial score (nSPS) is 17.3. The fourth-order valence-corrected chi connectivity index (χ4v) is 4.84. The molecule has 168 valence electrons. The van der Waals surface area contributed by atoms with E-state index in [-0.39, 0.29) is 23.7 Å². The summed E-state index contributed by atoms with van der Waals surface area (Å²) >= 11 is 6.14. The van der Waals surface area contributed by atoms with E-state index >= 15 is 0 Å². The fourth-order valence-electron chi connectivity index (χ4n) is 4.71. The molecule has 2 heterocycles. The van der Waals surface area contributed by atoms with Crippen LogP contribution >= 0.6 is 11.6 Å². The lowest BCUT2D eigenvalue weighted by atomic mass is 9.87. The van der Waals surface area contributed by atoms with E-state index in [9.17, 15) is 9.59 Å². The van der Waals surface area contributed by atoms with E-state index in [1.807, 2.05) is 55.3 Å². The number of likely N-dealkylation sites (tertiary alicyclic amines) is 1. The van der Waals surface area contributed by atoms with Crippen molar-refractivity contribution in [3.63, 3.8) is 0 Å². The predicted molar refractivity (Wildman–Crippen MR) is 127 cm³/mol. The molecule has 0 N–H and O–H groups in total. The largest absolute Gasteiger partial charge is 0.466 e. The summed E-state index contributed by atoms with van der Waals surface area (Å²) in [4.78, 5) is 27.5. The van der Waals surface area contributed by atoms with E-state index < -0.39 is 0 Å². The van der Waals surface area contributed by atoms with Crippen LogP contribution < -0.4 is 0 Å². The Labute approximate surface area is 193 Å². The van der Waals surface area contributed by atoms with Gasteiger partial charge in [0.25, 0.3) is 0 Å². The number of piperidine rings is 1. The second-order valence-corrected chi connectivity index (χ2v) is 8.89. The van der Waals surface area contributed by atoms with Crippen molar-refractivity contribution < 1.29 is 14.3 Å². The molecule has 3 aromatic rings. The van der Waals surface area contributed by atoms with E-state index in [2.05, 4.69) is 22.9 Å². The lowest BCUT2D eigenvalue weighted by Gasteiger charge is -2.32. The predicted octanol–water partition coefficient (Wildman–Crippen LogP) is 5.16. The third kappa shape index (κ3) is 4.68. The number of rotatable bonds is 6. The number of benzene rings is 2. The summed E-state index contributed by atoms with van der Waals surface area (Å²) in [5.74, 6) is -0.479. The van der Waals surface area contributed by atoms with Gasteiger partial charge in [0.05, 0.1) is 12.5 Å². The number of carbonyl (C=O) groups is 2. The van der Waals surface area contributed by atoms with Crippen molar-refractivity contribution in [3.05, 3.63) is 70.9 Å². The third-order valence-corrected chi connectivity index (χ3v) is 6.60. The highest BCUT2D eigenvalue weighted by atomic mass is 35.5. The maximum atomic E-state index is 13.4. The first kappa shape index (κ1) is 22.4. The Balaban J connectivity index is 1.63. The minimum atomic E-state index is -0.237. The molecule has 1 aliphatic rings. The molecule has 2 atom stereocenters. The van der Waals surface area contributed by atoms with Crippen molar-refractivity contribution in [1.29, 1.82) is 0 Å². The Hall–Kier alpha value is -2.79. The molecule has 1 amide bonds. The first-order valence-corrected chi connectivity index (χ1v) is 11.6. The van der Waals surface area contributed by atoms with Gasteiger partial charge >= 0.3 is 5.97 Å². The summed E-state index contributed by atoms with van der Waals surface area (Å²) in [6, 6.07) is 16.0. The van der Waals surface area contributed by atoms with Gasteiger partial charge in [-0.1, -0.05) is 41.9 Å². The first-order valence-electron chi connectivity index (χ1n) is 11.2. The number of nitrogens with zero attached hydrogens (tertiary/aromatic N) is 2. The summed E-state index contributed by atoms with van der Waals surface area (Å²) < 4.78 is 7.31. The van der Waals surface area contributed by atoms with Crippen LogP contribution in [0.3, 0.4) is 0 Å². The molecule has 4 rings (SSSR count). The monoisotopic (exact) mass is 452 g/mol. The van der Waals surface area contributed by atoms with Crippen LogP contribution in [0.2, 0.25) is 5.02 Å².